The van der Waals surface area contributed by atoms with Crippen molar-refractivity contribution in [2.75, 3.05) is 11.1 Å². The van der Waals surface area contributed by atoms with Gasteiger partial charge >= 0.3 is 0 Å². The van der Waals surface area contributed by atoms with E-state index in [0.29, 0.717) is 10.6 Å². The van der Waals surface area contributed by atoms with Gasteiger partial charge in [0.1, 0.15) is 0 Å². The normalized spacial score (nSPS) is 20.4. The zero-order valence-corrected chi connectivity index (χ0v) is 16.2. The first-order valence-electron chi connectivity index (χ1n) is 8.57. The molecule has 2 aromatic carbocycles. The van der Waals surface area contributed by atoms with Crippen molar-refractivity contribution in [3.05, 3.63) is 54.1 Å². The molecule has 0 amide bonds. The summed E-state index contributed by atoms with van der Waals surface area (Å²) in [7, 11) is -3.53. The molecule has 1 heterocycles. The quantitative estimate of drug-likeness (QED) is 0.827. The fourth-order valence-electron chi connectivity index (χ4n) is 2.99. The van der Waals surface area contributed by atoms with Crippen LogP contribution in [0.2, 0.25) is 0 Å². The smallest absolute Gasteiger partial charge is 0.240 e. The van der Waals surface area contributed by atoms with E-state index in [9.17, 15) is 8.42 Å². The van der Waals surface area contributed by atoms with Crippen LogP contribution in [0.1, 0.15) is 25.3 Å². The molecule has 4 nitrogen and oxygen atoms in total. The highest BCUT2D eigenvalue weighted by Gasteiger charge is 2.29. The summed E-state index contributed by atoms with van der Waals surface area (Å²) in [5.74, 6) is 0.708. The van der Waals surface area contributed by atoms with E-state index in [1.165, 1.54) is 4.90 Å². The lowest BCUT2D eigenvalue weighted by molar-refractivity contribution is 0.504. The van der Waals surface area contributed by atoms with Gasteiger partial charge in [0.15, 0.2) is 0 Å². The Morgan fingerprint density at radius 3 is 2.60 bits per heavy atom. The summed E-state index contributed by atoms with van der Waals surface area (Å²) >= 11 is 1.70. The van der Waals surface area contributed by atoms with Crippen LogP contribution in [0.25, 0.3) is 0 Å². The molecule has 0 unspecified atom stereocenters. The largest absolute Gasteiger partial charge is 0.380 e. The van der Waals surface area contributed by atoms with Crippen LogP contribution < -0.4 is 10.0 Å². The van der Waals surface area contributed by atoms with Crippen LogP contribution in [-0.2, 0) is 10.0 Å². The minimum Gasteiger partial charge on any atom is -0.380 e. The van der Waals surface area contributed by atoms with Gasteiger partial charge in [-0.3, -0.25) is 0 Å². The SMILES string of the molecule is CCC[C@@H]1Nc2ccccc2SC[C@H]1NS(=O)(=O)c1ccc(C)cc1. The highest BCUT2D eigenvalue weighted by molar-refractivity contribution is 7.99. The number of rotatable bonds is 5. The van der Waals surface area contributed by atoms with Gasteiger partial charge in [-0.2, -0.15) is 0 Å². The van der Waals surface area contributed by atoms with Crippen LogP contribution in [0.4, 0.5) is 5.69 Å². The first-order valence-corrected chi connectivity index (χ1v) is 11.0. The number of hydrogen-bond donors (Lipinski definition) is 2. The molecule has 6 heteroatoms. The fraction of sp³-hybridized carbons (Fsp3) is 0.368. The predicted octanol–water partition coefficient (Wildman–Crippen LogP) is 4.03. The number of fused-ring (bicyclic) bond motifs is 1. The van der Waals surface area contributed by atoms with Crippen molar-refractivity contribution >= 4 is 27.5 Å². The molecule has 0 fully saturated rings. The minimum atomic E-state index is -3.53. The standard InChI is InChI=1S/C19H24N2O2S2/c1-3-6-16-18(13-24-19-8-5-4-7-17(19)20-16)21-25(22,23)15-11-9-14(2)10-12-15/h4-5,7-12,16,18,20-21H,3,6,13H2,1-2H3/t16-,18+/m0/s1. The van der Waals surface area contributed by atoms with Crippen molar-refractivity contribution in [3.8, 4) is 0 Å². The van der Waals surface area contributed by atoms with Crippen LogP contribution in [-0.4, -0.2) is 26.3 Å². The highest BCUT2D eigenvalue weighted by atomic mass is 32.2. The topological polar surface area (TPSA) is 58.2 Å². The summed E-state index contributed by atoms with van der Waals surface area (Å²) in [6.45, 7) is 4.07. The number of anilines is 1. The number of benzene rings is 2. The molecule has 2 aromatic rings. The third-order valence-electron chi connectivity index (χ3n) is 4.37. The summed E-state index contributed by atoms with van der Waals surface area (Å²) in [5, 5.41) is 3.55. The molecule has 0 aromatic heterocycles. The molecule has 3 rings (SSSR count). The number of hydrogen-bond acceptors (Lipinski definition) is 4. The van der Waals surface area contributed by atoms with Crippen LogP contribution in [0.5, 0.6) is 0 Å². The first-order chi connectivity index (χ1) is 12.0. The molecule has 0 aliphatic carbocycles. The highest BCUT2D eigenvalue weighted by Crippen LogP contribution is 2.33. The molecule has 2 atom stereocenters. The molecule has 25 heavy (non-hydrogen) atoms. The van der Waals surface area contributed by atoms with E-state index in [1.807, 2.05) is 31.2 Å². The van der Waals surface area contributed by atoms with Crippen LogP contribution in [0.3, 0.4) is 0 Å². The summed E-state index contributed by atoms with van der Waals surface area (Å²) < 4.78 is 28.5. The Labute approximate surface area is 154 Å². The van der Waals surface area contributed by atoms with Gasteiger partial charge in [0.25, 0.3) is 0 Å². The maximum atomic E-state index is 12.8. The Morgan fingerprint density at radius 1 is 1.16 bits per heavy atom. The van der Waals surface area contributed by atoms with E-state index in [1.54, 1.807) is 23.9 Å². The number of sulfonamides is 1. The van der Waals surface area contributed by atoms with Gasteiger partial charge in [-0.15, -0.1) is 11.8 Å². The van der Waals surface area contributed by atoms with Crippen molar-refractivity contribution < 1.29 is 8.42 Å². The van der Waals surface area contributed by atoms with Gasteiger partial charge in [0, 0.05) is 22.4 Å². The molecule has 1 aliphatic rings. The van der Waals surface area contributed by atoms with Gasteiger partial charge in [0.05, 0.1) is 10.9 Å². The Hall–Kier alpha value is -1.50. The van der Waals surface area contributed by atoms with E-state index in [-0.39, 0.29) is 12.1 Å². The molecule has 2 N–H and O–H groups in total. The molecular formula is C19H24N2O2S2. The second-order valence-electron chi connectivity index (χ2n) is 6.39. The van der Waals surface area contributed by atoms with E-state index in [4.69, 9.17) is 0 Å². The van der Waals surface area contributed by atoms with Gasteiger partial charge in [0.2, 0.25) is 10.0 Å². The van der Waals surface area contributed by atoms with Crippen molar-refractivity contribution in [2.24, 2.45) is 0 Å². The summed E-state index contributed by atoms with van der Waals surface area (Å²) in [6.07, 6.45) is 1.91. The summed E-state index contributed by atoms with van der Waals surface area (Å²) in [4.78, 5) is 1.49. The van der Waals surface area contributed by atoms with Gasteiger partial charge < -0.3 is 5.32 Å². The first kappa shape index (κ1) is 18.3. The van der Waals surface area contributed by atoms with E-state index in [2.05, 4.69) is 29.1 Å². The number of para-hydroxylation sites is 1. The number of aryl methyl sites for hydroxylation is 1. The lowest BCUT2D eigenvalue weighted by Gasteiger charge is -2.26. The number of nitrogens with one attached hydrogen (secondary N) is 2. The van der Waals surface area contributed by atoms with Crippen molar-refractivity contribution in [2.45, 2.75) is 48.6 Å². The lowest BCUT2D eigenvalue weighted by atomic mass is 10.1. The molecule has 0 saturated carbocycles. The second kappa shape index (κ2) is 7.81. The van der Waals surface area contributed by atoms with E-state index in [0.717, 1.165) is 24.1 Å². The van der Waals surface area contributed by atoms with Crippen molar-refractivity contribution in [1.82, 2.24) is 4.72 Å². The minimum absolute atomic E-state index is 0.0707. The summed E-state index contributed by atoms with van der Waals surface area (Å²) in [5.41, 5.74) is 2.13. The van der Waals surface area contributed by atoms with Crippen LogP contribution in [0.15, 0.2) is 58.3 Å². The third-order valence-corrected chi connectivity index (χ3v) is 7.07. The third kappa shape index (κ3) is 4.37. The average Bonchev–Trinajstić information content (AvgIpc) is 2.75. The van der Waals surface area contributed by atoms with E-state index < -0.39 is 10.0 Å². The van der Waals surface area contributed by atoms with Crippen molar-refractivity contribution in [1.29, 1.82) is 0 Å². The zero-order valence-electron chi connectivity index (χ0n) is 14.5. The van der Waals surface area contributed by atoms with Crippen LogP contribution >= 0.6 is 11.8 Å². The monoisotopic (exact) mass is 376 g/mol. The lowest BCUT2D eigenvalue weighted by Crippen LogP contribution is -2.47. The maximum Gasteiger partial charge on any atom is 0.240 e. The van der Waals surface area contributed by atoms with E-state index >= 15 is 0 Å². The molecular weight excluding hydrogens is 352 g/mol. The fourth-order valence-corrected chi connectivity index (χ4v) is 5.51. The molecule has 0 radical (unpaired) electrons. The Morgan fingerprint density at radius 2 is 1.88 bits per heavy atom. The molecule has 0 bridgehead atoms. The zero-order chi connectivity index (χ0) is 17.9. The van der Waals surface area contributed by atoms with Crippen molar-refractivity contribution in [3.63, 3.8) is 0 Å². The van der Waals surface area contributed by atoms with Gasteiger partial charge in [-0.1, -0.05) is 43.2 Å². The Balaban J connectivity index is 1.83. The molecule has 0 saturated heterocycles. The predicted molar refractivity (Wildman–Crippen MR) is 105 cm³/mol. The molecule has 0 spiro atoms. The Bertz CT molecular complexity index is 820. The Kier molecular flexibility index (Phi) is 5.71. The van der Waals surface area contributed by atoms with Gasteiger partial charge in [-0.05, 0) is 37.6 Å². The molecule has 134 valence electrons. The second-order valence-corrected chi connectivity index (χ2v) is 9.16. The average molecular weight is 377 g/mol. The summed E-state index contributed by atoms with van der Waals surface area (Å²) in [6, 6.07) is 15.0. The number of thioether (sulfide) groups is 1. The van der Waals surface area contributed by atoms with Gasteiger partial charge in [-0.25, -0.2) is 13.1 Å². The van der Waals surface area contributed by atoms with Crippen LogP contribution in [0, 0.1) is 6.92 Å². The molecule has 1 aliphatic heterocycles. The maximum absolute atomic E-state index is 12.8.